The van der Waals surface area contributed by atoms with Crippen LogP contribution in [0.4, 0.5) is 0 Å². The molecule has 0 rings (SSSR count). The summed E-state index contributed by atoms with van der Waals surface area (Å²) >= 11 is 0. The molecule has 0 aliphatic carbocycles. The zero-order valence-corrected chi connectivity index (χ0v) is 47.2. The molecule has 0 atom stereocenters. The van der Waals surface area contributed by atoms with E-state index in [9.17, 15) is 0 Å². The van der Waals surface area contributed by atoms with E-state index in [1.807, 2.05) is 0 Å². The molecule has 0 spiro atoms. The second-order valence-electron chi connectivity index (χ2n) is 7.05. The van der Waals surface area contributed by atoms with Crippen LogP contribution >= 0.6 is 0 Å². The Bertz CT molecular complexity index is 286. The summed E-state index contributed by atoms with van der Waals surface area (Å²) in [4.78, 5) is 5.79. The van der Waals surface area contributed by atoms with Crippen molar-refractivity contribution < 1.29 is 351 Å². The summed E-state index contributed by atoms with van der Waals surface area (Å²) in [6.07, 6.45) is 0. The maximum absolute atomic E-state index is 5.41. The quantitative estimate of drug-likeness (QED) is 0.109. The van der Waals surface area contributed by atoms with Crippen molar-refractivity contribution in [2.24, 2.45) is 0 Å². The molecule has 0 aromatic carbocycles. The van der Waals surface area contributed by atoms with Crippen LogP contribution in [0.25, 0.3) is 0 Å². The molecule has 0 radical (unpaired) electrons. The van der Waals surface area contributed by atoms with E-state index in [1.165, 1.54) is 19.6 Å². The number of quaternary nitrogens is 4. The zero-order chi connectivity index (χ0) is 22.8. The predicted molar refractivity (Wildman–Crippen MR) is 117 cm³/mol. The van der Waals surface area contributed by atoms with Gasteiger partial charge in [0.05, 0.1) is 82.8 Å². The third-order valence-electron chi connectivity index (χ3n) is 2.99. The van der Waals surface area contributed by atoms with E-state index in [0.29, 0.717) is 0 Å². The van der Waals surface area contributed by atoms with Gasteiger partial charge in [-0.25, -0.2) is 0 Å². The minimum absolute atomic E-state index is 0. The van der Waals surface area contributed by atoms with Crippen molar-refractivity contribution in [3.05, 3.63) is 0 Å². The molecule has 58 heavy (non-hydrogen) atoms. The predicted octanol–water partition coefficient (Wildman–Crippen LogP) is -10.2. The molecule has 0 aliphatic rings. The van der Waals surface area contributed by atoms with Crippen LogP contribution in [0.2, 0.25) is 0 Å². The first-order chi connectivity index (χ1) is 13.1. The van der Waals surface area contributed by atoms with Crippen LogP contribution in [0.3, 0.4) is 0 Å². The number of nitrogens with one attached hydrogen (secondary N) is 4. The second-order valence-corrected chi connectivity index (χ2v) is 7.05. The van der Waals surface area contributed by atoms with Gasteiger partial charge in [-0.05, 0) is 0 Å². The van der Waals surface area contributed by atoms with Gasteiger partial charge in [-0.2, -0.15) is 0 Å². The number of likely N-dealkylation sites (N-methyl/N-ethyl adjacent to an activating group) is 4. The van der Waals surface area contributed by atoms with Crippen LogP contribution in [0.15, 0.2) is 0 Å². The fourth-order valence-corrected chi connectivity index (χ4v) is 1.31. The van der Waals surface area contributed by atoms with E-state index >= 15 is 0 Å². The Balaban J connectivity index is -0.00000000307. The molecule has 8 N–H and O–H groups in total. The summed E-state index contributed by atoms with van der Waals surface area (Å²) in [6.45, 7) is 7.94. The fourth-order valence-electron chi connectivity index (χ4n) is 1.31. The standard InChI is InChI=1S/2C8H20N2O.8Mo.2H2O.26O/c2*1-9(2)5-7-11-8-6-10(3)4;;;;;;;;;;;;;;;;;;;;;;;;;;;;;;;;;;;;/h2*5-8H2,1-4H3;;;;;;;;;2*1H2;;;;;;;;;;;;;;;;;;;;;;;;;;/q;;;;;;;;;;;;26*-2/p+4/i/hD4. The molecule has 34 nitrogen and oxygen atoms in total. The van der Waals surface area contributed by atoms with Gasteiger partial charge in [0.25, 0.3) is 0 Å². The smallest absolute Gasteiger partial charge is 0.206 e. The van der Waals surface area contributed by atoms with Crippen molar-refractivity contribution in [2.45, 2.75) is 0 Å². The largest absolute Gasteiger partial charge is 2.00 e. The molecule has 0 aromatic rings. The molecular formula is C16H48Mo8N4O30-48. The van der Waals surface area contributed by atoms with E-state index in [0.717, 1.165) is 52.6 Å². The first-order valence-electron chi connectivity index (χ1n) is 10.2. The van der Waals surface area contributed by atoms with Crippen LogP contribution in [0.1, 0.15) is 0 Å². The fraction of sp³-hybridized carbons (Fsp3) is 1.00. The normalized spacial score (nSPS) is 5.03. The molecule has 0 aliphatic heterocycles. The van der Waals surface area contributed by atoms with Crippen molar-refractivity contribution in [3.63, 3.8) is 0 Å². The van der Waals surface area contributed by atoms with Gasteiger partial charge < -0.3 is 182 Å². The minimum Gasteiger partial charge on any atom is -2.00 e. The average molecular weight is 1550 g/mol. The van der Waals surface area contributed by atoms with Gasteiger partial charge in [0.2, 0.25) is 5.72 Å². The number of rotatable bonds is 12. The van der Waals surface area contributed by atoms with Crippen LogP contribution in [-0.4, -0.2) is 126 Å². The topological polar surface area (TPSA) is 840 Å². The zero-order valence-electron chi connectivity index (χ0n) is 35.2. The molecule has 0 heterocycles. The molecule has 408 valence electrons. The molecule has 0 amide bonds. The Kier molecular flexibility index (Phi) is 1640. The van der Waals surface area contributed by atoms with Crippen molar-refractivity contribution >= 4 is 0 Å². The number of hydrogen-bond donors (Lipinski definition) is 4. The maximum Gasteiger partial charge on any atom is 0.206 e. The van der Waals surface area contributed by atoms with Gasteiger partial charge in [-0.15, -0.1) is 0 Å². The van der Waals surface area contributed by atoms with E-state index in [1.54, 1.807) is 0 Å². The summed E-state index contributed by atoms with van der Waals surface area (Å²) in [5, 5.41) is 0. The molecule has 0 bridgehead atoms. The van der Waals surface area contributed by atoms with Crippen LogP contribution in [0.5, 0.6) is 0 Å². The van der Waals surface area contributed by atoms with Crippen molar-refractivity contribution in [2.75, 3.05) is 109 Å². The van der Waals surface area contributed by atoms with Crippen molar-refractivity contribution in [1.29, 1.82) is 5.72 Å². The Hall–Kier alpha value is 4.15. The van der Waals surface area contributed by atoms with E-state index in [-0.39, 0.29) is 311 Å². The van der Waals surface area contributed by atoms with Gasteiger partial charge in [0, 0.05) is 169 Å². The Morgan fingerprint density at radius 2 is 0.328 bits per heavy atom. The first-order valence-corrected chi connectivity index (χ1v) is 8.57. The summed E-state index contributed by atoms with van der Waals surface area (Å²) < 4.78 is 32.3. The molecule has 0 saturated carbocycles. The first kappa shape index (κ1) is 293. The average Bonchev–Trinajstić information content (AvgIpc) is 2.55. The summed E-state index contributed by atoms with van der Waals surface area (Å²) in [6, 6.07) is 0. The van der Waals surface area contributed by atoms with Crippen molar-refractivity contribution in [3.8, 4) is 0 Å². The van der Waals surface area contributed by atoms with Gasteiger partial charge in [-0.3, -0.25) is 0 Å². The van der Waals surface area contributed by atoms with E-state index < -0.39 is 0 Å². The third kappa shape index (κ3) is 518. The summed E-state index contributed by atoms with van der Waals surface area (Å²) in [7, 11) is 17.1. The van der Waals surface area contributed by atoms with E-state index in [2.05, 4.69) is 67.3 Å². The van der Waals surface area contributed by atoms with Crippen LogP contribution < -0.4 is 19.6 Å². The van der Waals surface area contributed by atoms with Crippen molar-refractivity contribution in [1.82, 2.24) is 0 Å². The molecule has 0 aromatic heterocycles. The number of ether oxygens (including phenoxy) is 2. The Morgan fingerprint density at radius 3 is 0.379 bits per heavy atom. The minimum atomic E-state index is 0. The monoisotopic (exact) mass is 1560 g/mol. The molecular weight excluding hydrogens is 1500 g/mol. The maximum atomic E-state index is 5.41. The van der Waals surface area contributed by atoms with Gasteiger partial charge in [0.15, 0.2) is 0 Å². The number of hydrogen-bond acceptors (Lipinski definition) is 2. The second kappa shape index (κ2) is 324. The molecule has 0 fully saturated rings. The Morgan fingerprint density at radius 1 is 0.259 bits per heavy atom. The van der Waals surface area contributed by atoms with Crippen LogP contribution in [0, 0.1) is 0 Å². The van der Waals surface area contributed by atoms with Gasteiger partial charge >= 0.3 is 0 Å². The molecule has 42 heteroatoms. The van der Waals surface area contributed by atoms with E-state index in [4.69, 9.17) is 15.2 Å². The van der Waals surface area contributed by atoms with Crippen LogP contribution in [-0.2, 0) is 320 Å². The molecule has 0 unspecified atom stereocenters. The Labute approximate surface area is 461 Å². The van der Waals surface area contributed by atoms with Gasteiger partial charge in [0.1, 0.15) is 26.2 Å². The van der Waals surface area contributed by atoms with Gasteiger partial charge in [-0.1, -0.05) is 0 Å². The third-order valence-corrected chi connectivity index (χ3v) is 2.99. The SMILES string of the molecule is C[NH+](C)CCOCC[NH+](C)C.C[NH+](C)CCOCC[NH+](C)C.[2H]O[2H].[2H]O[2H].[Mo].[Mo].[Mo].[Mo].[Mo].[Mo].[Mo].[Mo].[O-2].[O-2].[O-2].[O-2].[O-2].[O-2].[O-2].[O-2].[O-2].[O-2].[O-2].[O-2].[O-2].[O-2].[O-2].[O-2].[O-2].[O-2].[O-2].[O-2].[O-2].[O-2].[O-2].[O-2].[O-2].[O-2]. The summed E-state index contributed by atoms with van der Waals surface area (Å²) in [5.41, 5.74) is 5.50. The molecule has 0 saturated heterocycles. The summed E-state index contributed by atoms with van der Waals surface area (Å²) in [5.74, 6) is 0.